The molecule has 0 aliphatic rings. The molecule has 3 rings (SSSR count). The Balaban J connectivity index is 1.84. The number of hydrogen-bond acceptors (Lipinski definition) is 4. The molecule has 144 valence electrons. The van der Waals surface area contributed by atoms with E-state index in [2.05, 4.69) is 15.0 Å². The first kappa shape index (κ1) is 19.6. The summed E-state index contributed by atoms with van der Waals surface area (Å²) < 4.78 is 28.1. The highest BCUT2D eigenvalue weighted by atomic mass is 32.2. The molecule has 0 saturated carbocycles. The first-order valence-electron chi connectivity index (χ1n) is 8.68. The van der Waals surface area contributed by atoms with Crippen molar-refractivity contribution in [2.75, 3.05) is 10.0 Å². The van der Waals surface area contributed by atoms with E-state index in [0.29, 0.717) is 22.5 Å². The van der Waals surface area contributed by atoms with Gasteiger partial charge >= 0.3 is 0 Å². The largest absolute Gasteiger partial charge is 0.320 e. The van der Waals surface area contributed by atoms with E-state index in [1.165, 1.54) is 6.07 Å². The van der Waals surface area contributed by atoms with Crippen LogP contribution < -0.4 is 10.0 Å². The van der Waals surface area contributed by atoms with E-state index in [-0.39, 0.29) is 10.8 Å². The van der Waals surface area contributed by atoms with Gasteiger partial charge in [0, 0.05) is 17.4 Å². The van der Waals surface area contributed by atoms with Crippen LogP contribution in [0.15, 0.2) is 65.8 Å². The van der Waals surface area contributed by atoms with Gasteiger partial charge in [0.25, 0.3) is 15.9 Å². The zero-order chi connectivity index (χ0) is 20.3. The second-order valence-corrected chi connectivity index (χ2v) is 8.25. The third-order valence-corrected chi connectivity index (χ3v) is 5.82. The first-order chi connectivity index (χ1) is 13.3. The van der Waals surface area contributed by atoms with Crippen molar-refractivity contribution in [2.45, 2.75) is 25.7 Å². The van der Waals surface area contributed by atoms with E-state index in [1.807, 2.05) is 19.9 Å². The number of carbonyl (C=O) groups excluding carboxylic acids is 1. The maximum absolute atomic E-state index is 12.8. The predicted octanol–water partition coefficient (Wildman–Crippen LogP) is 4.06. The number of pyridine rings is 1. The van der Waals surface area contributed by atoms with Crippen molar-refractivity contribution in [2.24, 2.45) is 0 Å². The number of amides is 1. The summed E-state index contributed by atoms with van der Waals surface area (Å²) in [5.41, 5.74) is 3.65. The molecule has 28 heavy (non-hydrogen) atoms. The molecule has 0 aliphatic heterocycles. The molecule has 0 aliphatic carbocycles. The van der Waals surface area contributed by atoms with Crippen molar-refractivity contribution >= 4 is 27.3 Å². The molecule has 0 atom stereocenters. The molecular weight excluding hydrogens is 374 g/mol. The monoisotopic (exact) mass is 395 g/mol. The molecule has 2 N–H and O–H groups in total. The van der Waals surface area contributed by atoms with E-state index < -0.39 is 10.0 Å². The van der Waals surface area contributed by atoms with Crippen LogP contribution in [-0.2, 0) is 10.0 Å². The van der Waals surface area contributed by atoms with Gasteiger partial charge in [-0.15, -0.1) is 0 Å². The number of anilines is 2. The number of aryl methyl sites for hydroxylation is 3. The maximum atomic E-state index is 12.8. The first-order valence-corrected chi connectivity index (χ1v) is 10.2. The zero-order valence-corrected chi connectivity index (χ0v) is 16.7. The van der Waals surface area contributed by atoms with E-state index in [1.54, 1.807) is 55.7 Å². The lowest BCUT2D eigenvalue weighted by Gasteiger charge is -2.12. The van der Waals surface area contributed by atoms with Crippen LogP contribution in [0.5, 0.6) is 0 Å². The molecule has 2 aromatic carbocycles. The molecular formula is C21H21N3O3S. The normalized spacial score (nSPS) is 11.1. The summed E-state index contributed by atoms with van der Waals surface area (Å²) in [6, 6.07) is 13.4. The summed E-state index contributed by atoms with van der Waals surface area (Å²) >= 11 is 0. The third kappa shape index (κ3) is 4.37. The van der Waals surface area contributed by atoms with Crippen molar-refractivity contribution in [3.05, 3.63) is 83.2 Å². The third-order valence-electron chi connectivity index (χ3n) is 4.30. The van der Waals surface area contributed by atoms with Crippen LogP contribution in [0.1, 0.15) is 27.0 Å². The lowest BCUT2D eigenvalue weighted by molar-refractivity contribution is 0.102. The summed E-state index contributed by atoms with van der Waals surface area (Å²) in [6.45, 7) is 5.45. The van der Waals surface area contributed by atoms with E-state index >= 15 is 0 Å². The molecule has 7 heteroatoms. The van der Waals surface area contributed by atoms with Crippen LogP contribution in [0.25, 0.3) is 0 Å². The van der Waals surface area contributed by atoms with Gasteiger partial charge in [-0.3, -0.25) is 14.5 Å². The number of carbonyl (C=O) groups is 1. The SMILES string of the molecule is Cc1ccc(C)c(S(=O)(=O)Nc2cccc(C(=O)Nc3cnccc3C)c2)c1. The van der Waals surface area contributed by atoms with Crippen LogP contribution in [0.4, 0.5) is 11.4 Å². The van der Waals surface area contributed by atoms with Crippen molar-refractivity contribution < 1.29 is 13.2 Å². The minimum Gasteiger partial charge on any atom is -0.320 e. The fourth-order valence-electron chi connectivity index (χ4n) is 2.72. The van der Waals surface area contributed by atoms with Gasteiger partial charge in [-0.1, -0.05) is 18.2 Å². The average Bonchev–Trinajstić information content (AvgIpc) is 2.65. The Labute approximate surface area is 164 Å². The quantitative estimate of drug-likeness (QED) is 0.682. The molecule has 1 amide bonds. The second-order valence-electron chi connectivity index (χ2n) is 6.60. The van der Waals surface area contributed by atoms with Gasteiger partial charge in [0.2, 0.25) is 0 Å². The fourth-order valence-corrected chi connectivity index (χ4v) is 4.10. The van der Waals surface area contributed by atoms with Gasteiger partial charge in [-0.25, -0.2) is 8.42 Å². The summed E-state index contributed by atoms with van der Waals surface area (Å²) in [7, 11) is -3.77. The number of nitrogens with zero attached hydrogens (tertiary/aromatic N) is 1. The number of nitrogens with one attached hydrogen (secondary N) is 2. The van der Waals surface area contributed by atoms with Gasteiger partial charge in [0.15, 0.2) is 0 Å². The lowest BCUT2D eigenvalue weighted by atomic mass is 10.2. The Bertz CT molecular complexity index is 1140. The highest BCUT2D eigenvalue weighted by molar-refractivity contribution is 7.92. The van der Waals surface area contributed by atoms with Gasteiger partial charge in [0.1, 0.15) is 0 Å². The number of hydrogen-bond donors (Lipinski definition) is 2. The van der Waals surface area contributed by atoms with Crippen LogP contribution >= 0.6 is 0 Å². The van der Waals surface area contributed by atoms with Crippen LogP contribution in [0.2, 0.25) is 0 Å². The topological polar surface area (TPSA) is 88.2 Å². The highest BCUT2D eigenvalue weighted by Crippen LogP contribution is 2.22. The Hall–Kier alpha value is -3.19. The minimum absolute atomic E-state index is 0.216. The number of sulfonamides is 1. The predicted molar refractivity (Wildman–Crippen MR) is 110 cm³/mol. The smallest absolute Gasteiger partial charge is 0.262 e. The Morgan fingerprint density at radius 1 is 0.964 bits per heavy atom. The fraction of sp³-hybridized carbons (Fsp3) is 0.143. The van der Waals surface area contributed by atoms with Crippen LogP contribution in [-0.4, -0.2) is 19.3 Å². The van der Waals surface area contributed by atoms with E-state index in [4.69, 9.17) is 0 Å². The number of aromatic nitrogens is 1. The van der Waals surface area contributed by atoms with Crippen LogP contribution in [0, 0.1) is 20.8 Å². The Morgan fingerprint density at radius 3 is 2.50 bits per heavy atom. The highest BCUT2D eigenvalue weighted by Gasteiger charge is 2.18. The average molecular weight is 395 g/mol. The van der Waals surface area contributed by atoms with Gasteiger partial charge in [0.05, 0.1) is 16.8 Å². The molecule has 0 fully saturated rings. The molecule has 0 spiro atoms. The lowest BCUT2D eigenvalue weighted by Crippen LogP contribution is -2.16. The zero-order valence-electron chi connectivity index (χ0n) is 15.9. The van der Waals surface area contributed by atoms with E-state index in [0.717, 1.165) is 11.1 Å². The molecule has 3 aromatic rings. The number of benzene rings is 2. The Kier molecular flexibility index (Phi) is 5.46. The summed E-state index contributed by atoms with van der Waals surface area (Å²) in [5.74, 6) is -0.344. The van der Waals surface area contributed by atoms with E-state index in [9.17, 15) is 13.2 Å². The van der Waals surface area contributed by atoms with Crippen molar-refractivity contribution in [3.8, 4) is 0 Å². The molecule has 6 nitrogen and oxygen atoms in total. The molecule has 0 saturated heterocycles. The summed E-state index contributed by atoms with van der Waals surface area (Å²) in [6.07, 6.45) is 3.22. The molecule has 0 radical (unpaired) electrons. The number of rotatable bonds is 5. The second kappa shape index (κ2) is 7.82. The van der Waals surface area contributed by atoms with Crippen molar-refractivity contribution in [1.82, 2.24) is 4.98 Å². The van der Waals surface area contributed by atoms with Gasteiger partial charge in [-0.2, -0.15) is 0 Å². The standard InChI is InChI=1S/C21H21N3O3S/c1-14-7-8-16(3)20(11-14)28(26,27)24-18-6-4-5-17(12-18)21(25)23-19-13-22-10-9-15(19)2/h4-13,24H,1-3H3,(H,23,25). The minimum atomic E-state index is -3.77. The van der Waals surface area contributed by atoms with Crippen LogP contribution in [0.3, 0.4) is 0 Å². The van der Waals surface area contributed by atoms with Gasteiger partial charge in [-0.05, 0) is 67.8 Å². The van der Waals surface area contributed by atoms with Gasteiger partial charge < -0.3 is 5.32 Å². The molecule has 0 unspecified atom stereocenters. The molecule has 0 bridgehead atoms. The van der Waals surface area contributed by atoms with Crippen molar-refractivity contribution in [3.63, 3.8) is 0 Å². The summed E-state index contributed by atoms with van der Waals surface area (Å²) in [5, 5.41) is 2.79. The molecule has 1 heterocycles. The Morgan fingerprint density at radius 2 is 1.75 bits per heavy atom. The summed E-state index contributed by atoms with van der Waals surface area (Å²) in [4.78, 5) is 16.8. The maximum Gasteiger partial charge on any atom is 0.262 e. The van der Waals surface area contributed by atoms with Crippen molar-refractivity contribution in [1.29, 1.82) is 0 Å². The molecule has 1 aromatic heterocycles.